The summed E-state index contributed by atoms with van der Waals surface area (Å²) >= 11 is 0. The molecule has 6 nitrogen and oxygen atoms in total. The molecule has 3 fully saturated rings. The number of aliphatic hydroxyl groups is 4. The van der Waals surface area contributed by atoms with Gasteiger partial charge in [0, 0.05) is 11.3 Å². The number of hydrogen-bond donors (Lipinski definition) is 4. The number of halogens is 1. The summed E-state index contributed by atoms with van der Waals surface area (Å²) in [6, 6.07) is 0. The summed E-state index contributed by atoms with van der Waals surface area (Å²) in [5, 5.41) is 41.6. The van der Waals surface area contributed by atoms with E-state index in [-0.39, 0.29) is 24.7 Å². The molecule has 0 aliphatic heterocycles. The fourth-order valence-corrected chi connectivity index (χ4v) is 7.05. The SMILES string of the molecule is C[C@@]12C(=CC(=O)C(O)=C1F)CC[C@@H]1[C@@H]2[C@@H](O)C[C@@]2(C)[C@H]1CC[C@]2(O)C(=O)CO. The van der Waals surface area contributed by atoms with Gasteiger partial charge in [0.25, 0.3) is 0 Å². The Balaban J connectivity index is 1.80. The third-order valence-electron chi connectivity index (χ3n) is 8.49. The average Bonchev–Trinajstić information content (AvgIpc) is 2.92. The van der Waals surface area contributed by atoms with Gasteiger partial charge in [-0.1, -0.05) is 12.5 Å². The van der Waals surface area contributed by atoms with Crippen LogP contribution in [0.4, 0.5) is 4.39 Å². The van der Waals surface area contributed by atoms with Crippen LogP contribution in [-0.4, -0.2) is 50.3 Å². The fourth-order valence-electron chi connectivity index (χ4n) is 7.05. The molecule has 7 heteroatoms. The lowest BCUT2D eigenvalue weighted by Gasteiger charge is -2.59. The molecule has 0 aromatic rings. The van der Waals surface area contributed by atoms with E-state index in [1.165, 1.54) is 6.08 Å². The minimum atomic E-state index is -1.71. The molecule has 28 heavy (non-hydrogen) atoms. The molecular weight excluding hydrogens is 367 g/mol. The van der Waals surface area contributed by atoms with Crippen LogP contribution in [0, 0.1) is 28.6 Å². The first-order valence-electron chi connectivity index (χ1n) is 9.91. The van der Waals surface area contributed by atoms with Crippen molar-refractivity contribution in [1.82, 2.24) is 0 Å². The first kappa shape index (κ1) is 19.7. The number of Topliss-reactive ketones (excluding diaryl/α,β-unsaturated/α-hetero) is 1. The quantitative estimate of drug-likeness (QED) is 0.567. The maximum Gasteiger partial charge on any atom is 0.222 e. The minimum absolute atomic E-state index is 0.0892. The highest BCUT2D eigenvalue weighted by atomic mass is 19.1. The lowest BCUT2D eigenvalue weighted by Crippen LogP contribution is -2.62. The lowest BCUT2D eigenvalue weighted by atomic mass is 9.46. The van der Waals surface area contributed by atoms with Crippen LogP contribution in [-0.2, 0) is 9.59 Å². The summed E-state index contributed by atoms with van der Waals surface area (Å²) in [6.07, 6.45) is 2.15. The van der Waals surface area contributed by atoms with E-state index in [2.05, 4.69) is 0 Å². The largest absolute Gasteiger partial charge is 0.502 e. The van der Waals surface area contributed by atoms with Crippen molar-refractivity contribution in [2.75, 3.05) is 6.61 Å². The maximum atomic E-state index is 15.2. The van der Waals surface area contributed by atoms with Crippen molar-refractivity contribution in [1.29, 1.82) is 0 Å². The molecule has 4 aliphatic rings. The third kappa shape index (κ3) is 2.13. The van der Waals surface area contributed by atoms with Crippen molar-refractivity contribution in [3.05, 3.63) is 23.2 Å². The molecule has 7 atom stereocenters. The van der Waals surface area contributed by atoms with Gasteiger partial charge < -0.3 is 20.4 Å². The van der Waals surface area contributed by atoms with Crippen molar-refractivity contribution in [2.24, 2.45) is 28.6 Å². The monoisotopic (exact) mass is 394 g/mol. The van der Waals surface area contributed by atoms with Gasteiger partial charge in [-0.05, 0) is 56.9 Å². The molecule has 154 valence electrons. The van der Waals surface area contributed by atoms with E-state index in [0.29, 0.717) is 24.8 Å². The van der Waals surface area contributed by atoms with Crippen LogP contribution in [0.3, 0.4) is 0 Å². The Bertz CT molecular complexity index is 818. The van der Waals surface area contributed by atoms with Gasteiger partial charge in [-0.25, -0.2) is 4.39 Å². The predicted molar refractivity (Wildman–Crippen MR) is 96.7 cm³/mol. The Morgan fingerprint density at radius 3 is 2.64 bits per heavy atom. The second kappa shape index (κ2) is 5.97. The van der Waals surface area contributed by atoms with Crippen molar-refractivity contribution >= 4 is 11.6 Å². The van der Waals surface area contributed by atoms with Gasteiger partial charge in [0.05, 0.1) is 11.5 Å². The number of fused-ring (bicyclic) bond motifs is 5. The zero-order valence-corrected chi connectivity index (χ0v) is 16.1. The highest BCUT2D eigenvalue weighted by Crippen LogP contribution is 2.68. The Hall–Kier alpha value is -1.57. The molecule has 0 aromatic carbocycles. The molecule has 4 rings (SSSR count). The van der Waals surface area contributed by atoms with E-state index in [1.54, 1.807) is 13.8 Å². The first-order chi connectivity index (χ1) is 13.0. The molecule has 3 saturated carbocycles. The number of carbonyl (C=O) groups is 2. The second-order valence-corrected chi connectivity index (χ2v) is 9.40. The van der Waals surface area contributed by atoms with E-state index in [0.717, 1.165) is 0 Å². The highest BCUT2D eigenvalue weighted by Gasteiger charge is 2.69. The zero-order chi connectivity index (χ0) is 20.6. The van der Waals surface area contributed by atoms with Gasteiger partial charge in [0.2, 0.25) is 5.78 Å². The van der Waals surface area contributed by atoms with Crippen LogP contribution in [0.2, 0.25) is 0 Å². The van der Waals surface area contributed by atoms with Crippen LogP contribution in [0.5, 0.6) is 0 Å². The van der Waals surface area contributed by atoms with Gasteiger partial charge in [0.1, 0.15) is 12.2 Å². The van der Waals surface area contributed by atoms with E-state index >= 15 is 4.39 Å². The minimum Gasteiger partial charge on any atom is -0.502 e. The number of rotatable bonds is 2. The van der Waals surface area contributed by atoms with Crippen molar-refractivity contribution < 1.29 is 34.4 Å². The summed E-state index contributed by atoms with van der Waals surface area (Å²) in [4.78, 5) is 24.2. The topological polar surface area (TPSA) is 115 Å². The highest BCUT2D eigenvalue weighted by molar-refractivity contribution is 6.04. The first-order valence-corrected chi connectivity index (χ1v) is 9.91. The Kier molecular flexibility index (Phi) is 4.21. The Labute approximate surface area is 162 Å². The Morgan fingerprint density at radius 1 is 1.32 bits per heavy atom. The molecule has 0 aromatic heterocycles. The van der Waals surface area contributed by atoms with Gasteiger partial charge in [-0.2, -0.15) is 0 Å². The summed E-state index contributed by atoms with van der Waals surface area (Å²) in [6.45, 7) is 2.64. The average molecular weight is 394 g/mol. The molecule has 0 unspecified atom stereocenters. The van der Waals surface area contributed by atoms with E-state index in [1.807, 2.05) is 0 Å². The normalized spacial score (nSPS) is 47.9. The standard InChI is InChI=1S/C21H27FO6/c1-19-8-14(25)16-11(12(19)5-6-21(19,28)15(26)9-23)4-3-10-7-13(24)17(27)18(22)20(10,16)2/h7,11-12,14,16,23,25,27-28H,3-6,8-9H2,1-2H3/t11-,12-,14-,16+,19-,20-,21-/m0/s1. The molecule has 0 bridgehead atoms. The molecule has 4 aliphatic carbocycles. The lowest BCUT2D eigenvalue weighted by molar-refractivity contribution is -0.180. The fraction of sp³-hybridized carbons (Fsp3) is 0.714. The van der Waals surface area contributed by atoms with E-state index < -0.39 is 58.2 Å². The molecular formula is C21H27FO6. The maximum absolute atomic E-state index is 15.2. The molecule has 0 amide bonds. The molecule has 4 N–H and O–H groups in total. The zero-order valence-electron chi connectivity index (χ0n) is 16.1. The molecule has 0 heterocycles. The molecule has 0 saturated heterocycles. The van der Waals surface area contributed by atoms with Crippen LogP contribution < -0.4 is 0 Å². The second-order valence-electron chi connectivity index (χ2n) is 9.40. The number of allylic oxidation sites excluding steroid dienone is 3. The van der Waals surface area contributed by atoms with Crippen LogP contribution in [0.15, 0.2) is 23.2 Å². The molecule has 0 spiro atoms. The van der Waals surface area contributed by atoms with Crippen LogP contribution in [0.1, 0.15) is 46.0 Å². The third-order valence-corrected chi connectivity index (χ3v) is 8.49. The van der Waals surface area contributed by atoms with Gasteiger partial charge in [-0.3, -0.25) is 9.59 Å². The van der Waals surface area contributed by atoms with Crippen LogP contribution >= 0.6 is 0 Å². The summed E-state index contributed by atoms with van der Waals surface area (Å²) in [7, 11) is 0. The number of aliphatic hydroxyl groups excluding tert-OH is 3. The van der Waals surface area contributed by atoms with Crippen LogP contribution in [0.25, 0.3) is 0 Å². The van der Waals surface area contributed by atoms with E-state index in [9.17, 15) is 30.0 Å². The smallest absolute Gasteiger partial charge is 0.222 e. The number of ketones is 2. The van der Waals surface area contributed by atoms with Gasteiger partial charge in [-0.15, -0.1) is 0 Å². The number of hydrogen-bond acceptors (Lipinski definition) is 6. The Morgan fingerprint density at radius 2 is 2.00 bits per heavy atom. The van der Waals surface area contributed by atoms with Crippen molar-refractivity contribution in [3.8, 4) is 0 Å². The summed E-state index contributed by atoms with van der Waals surface area (Å²) < 4.78 is 15.2. The van der Waals surface area contributed by atoms with Crippen molar-refractivity contribution in [2.45, 2.75) is 57.7 Å². The van der Waals surface area contributed by atoms with Gasteiger partial charge >= 0.3 is 0 Å². The van der Waals surface area contributed by atoms with Crippen molar-refractivity contribution in [3.63, 3.8) is 0 Å². The molecule has 0 radical (unpaired) electrons. The summed E-state index contributed by atoms with van der Waals surface area (Å²) in [5.41, 5.74) is -3.33. The summed E-state index contributed by atoms with van der Waals surface area (Å²) in [5.74, 6) is -4.05. The van der Waals surface area contributed by atoms with E-state index in [4.69, 9.17) is 0 Å². The van der Waals surface area contributed by atoms with Gasteiger partial charge in [0.15, 0.2) is 17.4 Å². The number of carbonyl (C=O) groups excluding carboxylic acids is 2. The predicted octanol–water partition coefficient (Wildman–Crippen LogP) is 1.74.